The number of aromatic nitrogens is 1. The van der Waals surface area contributed by atoms with Gasteiger partial charge in [-0.25, -0.2) is 0 Å². The summed E-state index contributed by atoms with van der Waals surface area (Å²) in [4.78, 5) is 11.7. The van der Waals surface area contributed by atoms with Gasteiger partial charge in [-0.05, 0) is 18.2 Å². The predicted molar refractivity (Wildman–Crippen MR) is 83.5 cm³/mol. The van der Waals surface area contributed by atoms with E-state index in [1.807, 2.05) is 0 Å². The van der Waals surface area contributed by atoms with Crippen LogP contribution in [-0.2, 0) is 11.3 Å². The van der Waals surface area contributed by atoms with E-state index in [1.165, 1.54) is 10.6 Å². The second-order valence-electron chi connectivity index (χ2n) is 4.30. The Labute approximate surface area is 131 Å². The molecule has 0 aliphatic rings. The molecule has 2 rings (SSSR count). The van der Waals surface area contributed by atoms with Gasteiger partial charge in [-0.2, -0.15) is 0 Å². The van der Waals surface area contributed by atoms with E-state index in [4.69, 9.17) is 38.4 Å². The molecule has 0 fully saturated rings. The molecule has 112 valence electrons. The molecule has 21 heavy (non-hydrogen) atoms. The Morgan fingerprint density at radius 1 is 1.24 bits per heavy atom. The number of anilines is 1. The fraction of sp³-hybridized carbons (Fsp3) is 0.214. The lowest BCUT2D eigenvalue weighted by Gasteiger charge is -2.12. The van der Waals surface area contributed by atoms with E-state index < -0.39 is 0 Å². The van der Waals surface area contributed by atoms with Crippen LogP contribution in [-0.4, -0.2) is 18.3 Å². The van der Waals surface area contributed by atoms with Gasteiger partial charge < -0.3 is 19.8 Å². The summed E-state index contributed by atoms with van der Waals surface area (Å²) in [6.45, 7) is 0.850. The minimum absolute atomic E-state index is 0.145. The third-order valence-electron chi connectivity index (χ3n) is 2.73. The van der Waals surface area contributed by atoms with Crippen LogP contribution in [0, 0.1) is 0 Å². The SMILES string of the molecule is COCCn1cc(Oc2c(Cl)cc(N)cc2Cl)ccc1=O. The van der Waals surface area contributed by atoms with Gasteiger partial charge in [0.1, 0.15) is 5.75 Å². The first-order valence-corrected chi connectivity index (χ1v) is 6.88. The molecule has 7 heteroatoms. The van der Waals surface area contributed by atoms with Crippen molar-refractivity contribution in [3.8, 4) is 11.5 Å². The van der Waals surface area contributed by atoms with Gasteiger partial charge in [-0.15, -0.1) is 0 Å². The minimum atomic E-state index is -0.145. The molecule has 0 saturated carbocycles. The van der Waals surface area contributed by atoms with Gasteiger partial charge in [0.2, 0.25) is 0 Å². The summed E-state index contributed by atoms with van der Waals surface area (Å²) in [7, 11) is 1.57. The largest absolute Gasteiger partial charge is 0.453 e. The second-order valence-corrected chi connectivity index (χ2v) is 5.12. The number of methoxy groups -OCH3 is 1. The molecule has 0 bridgehead atoms. The summed E-state index contributed by atoms with van der Waals surface area (Å²) >= 11 is 12.1. The summed E-state index contributed by atoms with van der Waals surface area (Å²) in [5, 5.41) is 0.601. The lowest BCUT2D eigenvalue weighted by molar-refractivity contribution is 0.186. The molecule has 0 radical (unpaired) electrons. The van der Waals surface area contributed by atoms with Gasteiger partial charge in [0, 0.05) is 31.6 Å². The van der Waals surface area contributed by atoms with Crippen LogP contribution in [0.3, 0.4) is 0 Å². The van der Waals surface area contributed by atoms with E-state index in [9.17, 15) is 4.79 Å². The van der Waals surface area contributed by atoms with E-state index in [0.29, 0.717) is 40.4 Å². The molecule has 1 aromatic carbocycles. The number of nitrogens with zero attached hydrogens (tertiary/aromatic N) is 1. The van der Waals surface area contributed by atoms with Crippen molar-refractivity contribution >= 4 is 28.9 Å². The van der Waals surface area contributed by atoms with Crippen molar-refractivity contribution in [2.75, 3.05) is 19.5 Å². The van der Waals surface area contributed by atoms with Gasteiger partial charge in [0.25, 0.3) is 5.56 Å². The van der Waals surface area contributed by atoms with Crippen LogP contribution < -0.4 is 16.0 Å². The zero-order valence-corrected chi connectivity index (χ0v) is 12.8. The molecular weight excluding hydrogens is 315 g/mol. The van der Waals surface area contributed by atoms with Crippen molar-refractivity contribution in [3.63, 3.8) is 0 Å². The van der Waals surface area contributed by atoms with Crippen molar-refractivity contribution < 1.29 is 9.47 Å². The van der Waals surface area contributed by atoms with Crippen LogP contribution >= 0.6 is 23.2 Å². The Kier molecular flexibility index (Phi) is 5.12. The van der Waals surface area contributed by atoms with Crippen LogP contribution in [0.4, 0.5) is 5.69 Å². The zero-order chi connectivity index (χ0) is 15.4. The number of rotatable bonds is 5. The summed E-state index contributed by atoms with van der Waals surface area (Å²) in [5.74, 6) is 0.740. The molecule has 1 heterocycles. The van der Waals surface area contributed by atoms with Crippen molar-refractivity contribution in [1.82, 2.24) is 4.57 Å². The first kappa shape index (κ1) is 15.7. The summed E-state index contributed by atoms with van der Waals surface area (Å²) in [5.41, 5.74) is 5.94. The van der Waals surface area contributed by atoms with E-state index in [-0.39, 0.29) is 5.56 Å². The summed E-state index contributed by atoms with van der Waals surface area (Å²) < 4.78 is 12.1. The number of hydrogen-bond acceptors (Lipinski definition) is 4. The van der Waals surface area contributed by atoms with Crippen molar-refractivity contribution in [1.29, 1.82) is 0 Å². The maximum Gasteiger partial charge on any atom is 0.250 e. The van der Waals surface area contributed by atoms with Crippen LogP contribution in [0.15, 0.2) is 35.3 Å². The molecule has 2 aromatic rings. The van der Waals surface area contributed by atoms with E-state index in [2.05, 4.69) is 0 Å². The number of nitrogens with two attached hydrogens (primary N) is 1. The summed E-state index contributed by atoms with van der Waals surface area (Å²) in [6.07, 6.45) is 1.57. The molecule has 0 unspecified atom stereocenters. The Balaban J connectivity index is 2.30. The number of halogens is 2. The molecule has 0 amide bonds. The van der Waals surface area contributed by atoms with Gasteiger partial charge in [0.05, 0.1) is 16.7 Å². The monoisotopic (exact) mass is 328 g/mol. The van der Waals surface area contributed by atoms with E-state index >= 15 is 0 Å². The molecule has 5 nitrogen and oxygen atoms in total. The third kappa shape index (κ3) is 3.91. The lowest BCUT2D eigenvalue weighted by Crippen LogP contribution is -2.20. The standard InChI is InChI=1S/C14H14Cl2N2O3/c1-20-5-4-18-8-10(2-3-13(18)19)21-14-11(15)6-9(17)7-12(14)16/h2-3,6-8H,4-5,17H2,1H3. The van der Waals surface area contributed by atoms with Crippen LogP contribution in [0.25, 0.3) is 0 Å². The fourth-order valence-corrected chi connectivity index (χ4v) is 2.31. The predicted octanol–water partition coefficient (Wildman–Crippen LogP) is 3.18. The zero-order valence-electron chi connectivity index (χ0n) is 11.3. The van der Waals surface area contributed by atoms with Gasteiger partial charge in [-0.1, -0.05) is 23.2 Å². The Morgan fingerprint density at radius 3 is 2.52 bits per heavy atom. The molecule has 0 spiro atoms. The van der Waals surface area contributed by atoms with Crippen LogP contribution in [0.1, 0.15) is 0 Å². The highest BCUT2D eigenvalue weighted by molar-refractivity contribution is 6.37. The summed E-state index contributed by atoms with van der Waals surface area (Å²) in [6, 6.07) is 6.05. The molecule has 2 N–H and O–H groups in total. The van der Waals surface area contributed by atoms with E-state index in [1.54, 1.807) is 31.5 Å². The topological polar surface area (TPSA) is 66.5 Å². The highest BCUT2D eigenvalue weighted by atomic mass is 35.5. The molecule has 0 aliphatic carbocycles. The highest BCUT2D eigenvalue weighted by Crippen LogP contribution is 2.37. The van der Waals surface area contributed by atoms with Gasteiger partial charge in [-0.3, -0.25) is 4.79 Å². The van der Waals surface area contributed by atoms with Crippen LogP contribution in [0.5, 0.6) is 11.5 Å². The minimum Gasteiger partial charge on any atom is -0.453 e. The Bertz CT molecular complexity index is 678. The number of benzene rings is 1. The fourth-order valence-electron chi connectivity index (χ4n) is 1.73. The highest BCUT2D eigenvalue weighted by Gasteiger charge is 2.10. The Morgan fingerprint density at radius 2 is 1.90 bits per heavy atom. The molecule has 1 aromatic heterocycles. The maximum atomic E-state index is 11.7. The number of nitrogen functional groups attached to an aromatic ring is 1. The van der Waals surface area contributed by atoms with Crippen molar-refractivity contribution in [3.05, 3.63) is 50.9 Å². The number of ether oxygens (including phenoxy) is 2. The average Bonchev–Trinajstić information content (AvgIpc) is 2.43. The Hall–Kier alpha value is -1.69. The van der Waals surface area contributed by atoms with Gasteiger partial charge >= 0.3 is 0 Å². The average molecular weight is 329 g/mol. The number of pyridine rings is 1. The van der Waals surface area contributed by atoms with Crippen molar-refractivity contribution in [2.45, 2.75) is 6.54 Å². The second kappa shape index (κ2) is 6.85. The molecule has 0 saturated heterocycles. The van der Waals surface area contributed by atoms with Gasteiger partial charge in [0.15, 0.2) is 5.75 Å². The van der Waals surface area contributed by atoms with E-state index in [0.717, 1.165) is 0 Å². The smallest absolute Gasteiger partial charge is 0.250 e. The van der Waals surface area contributed by atoms with Crippen molar-refractivity contribution in [2.24, 2.45) is 0 Å². The quantitative estimate of drug-likeness (QED) is 0.856. The van der Waals surface area contributed by atoms with Crippen LogP contribution in [0.2, 0.25) is 10.0 Å². The lowest BCUT2D eigenvalue weighted by atomic mass is 10.3. The molecule has 0 aliphatic heterocycles. The third-order valence-corrected chi connectivity index (χ3v) is 3.29. The first-order chi connectivity index (χ1) is 10.0. The molecular formula is C14H14Cl2N2O3. The number of hydrogen-bond donors (Lipinski definition) is 1. The maximum absolute atomic E-state index is 11.7. The molecule has 0 atom stereocenters. The first-order valence-electron chi connectivity index (χ1n) is 6.13. The normalized spacial score (nSPS) is 10.6.